The maximum Gasteiger partial charge on any atom is -1.00 e. The summed E-state index contributed by atoms with van der Waals surface area (Å²) in [6.45, 7) is 30.9. The molecule has 0 N–H and O–H groups in total. The average molecular weight is 794 g/mol. The van der Waals surface area contributed by atoms with E-state index in [2.05, 4.69) is 195 Å². The molecule has 0 nitrogen and oxygen atoms in total. The SMILES string of the molecule is CC1=Cc2ccccc2[C]1([Ti+3])[Si](c1cc(C(C)C)cc(C(C)C)c1)(c1cc(C(C)C)cc(C(C)C)c1)c1cc(C(C)C)cc(C(C)C)c1.[Cl-].[Cl-].[Cl-]. The molecule has 5 heteroatoms. The molecule has 0 spiro atoms. The number of rotatable bonds is 10. The van der Waals surface area contributed by atoms with Crippen molar-refractivity contribution in [3.8, 4) is 0 Å². The van der Waals surface area contributed by atoms with E-state index in [1.807, 2.05) is 0 Å². The van der Waals surface area contributed by atoms with Crippen LogP contribution in [0.5, 0.6) is 0 Å². The molecule has 272 valence electrons. The number of hydrogen-bond acceptors (Lipinski definition) is 0. The molecule has 51 heavy (non-hydrogen) atoms. The summed E-state index contributed by atoms with van der Waals surface area (Å²) in [5, 5.41) is 4.65. The number of halogens is 3. The van der Waals surface area contributed by atoms with E-state index >= 15 is 0 Å². The van der Waals surface area contributed by atoms with E-state index in [1.54, 1.807) is 15.6 Å². The molecule has 4 aromatic carbocycles. The van der Waals surface area contributed by atoms with Gasteiger partial charge in [0, 0.05) is 0 Å². The fourth-order valence-electron chi connectivity index (χ4n) is 7.84. The zero-order valence-corrected chi connectivity index (χ0v) is 38.0. The summed E-state index contributed by atoms with van der Waals surface area (Å²) in [5.74, 6) is 2.64. The third kappa shape index (κ3) is 8.26. The Morgan fingerprint density at radius 1 is 0.451 bits per heavy atom. The van der Waals surface area contributed by atoms with Crippen LogP contribution in [0.4, 0.5) is 0 Å². The molecule has 0 bridgehead atoms. The molecular formula is C46H59Cl3SiTi. The largest absolute Gasteiger partial charge is 1.00 e. The Morgan fingerprint density at radius 3 is 1.00 bits per heavy atom. The van der Waals surface area contributed by atoms with Gasteiger partial charge in [0.2, 0.25) is 0 Å². The molecular weight excluding hydrogens is 735 g/mol. The van der Waals surface area contributed by atoms with Crippen molar-refractivity contribution in [2.45, 2.75) is 129 Å². The van der Waals surface area contributed by atoms with E-state index in [0.717, 1.165) is 0 Å². The molecule has 0 aromatic heterocycles. The van der Waals surface area contributed by atoms with E-state index < -0.39 is 8.07 Å². The van der Waals surface area contributed by atoms with Gasteiger partial charge in [-0.25, -0.2) is 0 Å². The van der Waals surface area contributed by atoms with Crippen LogP contribution in [0.2, 0.25) is 0 Å². The molecule has 0 amide bonds. The molecule has 0 aliphatic heterocycles. The smallest absolute Gasteiger partial charge is 1.00 e. The minimum Gasteiger partial charge on any atom is -1.00 e. The molecule has 0 saturated heterocycles. The molecule has 1 unspecified atom stereocenters. The van der Waals surface area contributed by atoms with E-state index in [4.69, 9.17) is 0 Å². The van der Waals surface area contributed by atoms with Gasteiger partial charge in [0.15, 0.2) is 0 Å². The van der Waals surface area contributed by atoms with Gasteiger partial charge in [0.25, 0.3) is 0 Å². The van der Waals surface area contributed by atoms with E-state index in [1.165, 1.54) is 50.1 Å². The topological polar surface area (TPSA) is 0 Å². The third-order valence-electron chi connectivity index (χ3n) is 11.1. The standard InChI is InChI=1S/C46H59Si.3ClH.Ti/c1-28(2)36-19-37(29(3)4)23-42(22-36)47(46-34(13)18-35-16-14-15-17-45(35)46,43-24-38(30(5)6)20-39(25-43)31(7)8)44-26-40(32(9)10)21-41(27-44)33(11)12;;;;/h14-33H,1-13H3;3*1H;/q;;;;+3/p-3. The van der Waals surface area contributed by atoms with Gasteiger partial charge in [-0.2, -0.15) is 0 Å². The Hall–Kier alpha value is -1.58. The molecule has 0 heterocycles. The summed E-state index contributed by atoms with van der Waals surface area (Å²) in [4.78, 5) is 0. The van der Waals surface area contributed by atoms with Crippen LogP contribution in [-0.2, 0) is 23.8 Å². The Balaban J connectivity index is 0.00000300. The summed E-state index contributed by atoms with van der Waals surface area (Å²) in [6.07, 6.45) is 2.51. The predicted molar refractivity (Wildman–Crippen MR) is 210 cm³/mol. The zero-order chi connectivity index (χ0) is 35.3. The van der Waals surface area contributed by atoms with E-state index in [-0.39, 0.29) is 40.6 Å². The first-order valence-corrected chi connectivity index (χ1v) is 21.3. The first-order chi connectivity index (χ1) is 22.5. The van der Waals surface area contributed by atoms with Crippen LogP contribution in [0.3, 0.4) is 0 Å². The fourth-order valence-corrected chi connectivity index (χ4v) is 16.2. The maximum atomic E-state index is 2.65. The van der Waals surface area contributed by atoms with Crippen LogP contribution >= 0.6 is 0 Å². The minimum absolute atomic E-state index is 0. The van der Waals surface area contributed by atoms with E-state index in [9.17, 15) is 0 Å². The second-order valence-corrected chi connectivity index (χ2v) is 22.4. The summed E-state index contributed by atoms with van der Waals surface area (Å²) >= 11 is 2.63. The molecule has 0 fully saturated rings. The summed E-state index contributed by atoms with van der Waals surface area (Å²) in [5.41, 5.74) is 13.1. The molecule has 1 aliphatic carbocycles. The normalized spacial score (nSPS) is 15.7. The summed E-state index contributed by atoms with van der Waals surface area (Å²) < 4.78 is -0.207. The summed E-state index contributed by atoms with van der Waals surface area (Å²) in [6, 6.07) is 32.7. The van der Waals surface area contributed by atoms with Gasteiger partial charge in [0.1, 0.15) is 0 Å². The van der Waals surface area contributed by atoms with Crippen molar-refractivity contribution in [3.05, 3.63) is 129 Å². The molecule has 0 saturated carbocycles. The van der Waals surface area contributed by atoms with Crippen LogP contribution < -0.4 is 52.8 Å². The second-order valence-electron chi connectivity index (χ2n) is 16.5. The van der Waals surface area contributed by atoms with Crippen LogP contribution in [0.1, 0.15) is 170 Å². The van der Waals surface area contributed by atoms with Gasteiger partial charge in [-0.05, 0) is 0 Å². The van der Waals surface area contributed by atoms with Gasteiger partial charge in [-0.15, -0.1) is 0 Å². The Kier molecular flexibility index (Phi) is 15.8. The van der Waals surface area contributed by atoms with Crippen LogP contribution in [-0.4, -0.2) is 8.07 Å². The minimum atomic E-state index is -2.96. The molecule has 4 aromatic rings. The van der Waals surface area contributed by atoms with Gasteiger partial charge >= 0.3 is 308 Å². The van der Waals surface area contributed by atoms with Crippen molar-refractivity contribution in [2.24, 2.45) is 0 Å². The van der Waals surface area contributed by atoms with Crippen LogP contribution in [0.15, 0.2) is 84.4 Å². The number of benzene rings is 4. The van der Waals surface area contributed by atoms with Crippen LogP contribution in [0.25, 0.3) is 6.08 Å². The Labute approximate surface area is 342 Å². The van der Waals surface area contributed by atoms with Gasteiger partial charge in [0.05, 0.1) is 0 Å². The van der Waals surface area contributed by atoms with Crippen molar-refractivity contribution >= 4 is 29.7 Å². The maximum absolute atomic E-state index is 2.96. The average Bonchev–Trinajstić information content (AvgIpc) is 3.30. The van der Waals surface area contributed by atoms with E-state index in [0.29, 0.717) is 35.5 Å². The Bertz CT molecular complexity index is 1600. The van der Waals surface area contributed by atoms with Gasteiger partial charge < -0.3 is 37.2 Å². The molecule has 1 atom stereocenters. The second kappa shape index (κ2) is 17.7. The Morgan fingerprint density at radius 2 is 0.725 bits per heavy atom. The predicted octanol–water partition coefficient (Wildman–Crippen LogP) is 2.31. The van der Waals surface area contributed by atoms with Crippen molar-refractivity contribution in [1.82, 2.24) is 0 Å². The molecule has 5 rings (SSSR count). The van der Waals surface area contributed by atoms with Crippen molar-refractivity contribution < 1.29 is 57.7 Å². The van der Waals surface area contributed by atoms with Crippen molar-refractivity contribution in [3.63, 3.8) is 0 Å². The fraction of sp³-hybridized carbons (Fsp3) is 0.435. The van der Waals surface area contributed by atoms with Crippen molar-refractivity contribution in [1.29, 1.82) is 0 Å². The monoisotopic (exact) mass is 792 g/mol. The third-order valence-corrected chi connectivity index (χ3v) is 19.2. The van der Waals surface area contributed by atoms with Gasteiger partial charge in [-0.3, -0.25) is 0 Å². The number of fused-ring (bicyclic) bond motifs is 1. The van der Waals surface area contributed by atoms with Crippen molar-refractivity contribution in [2.75, 3.05) is 0 Å². The quantitative estimate of drug-likeness (QED) is 0.171. The first-order valence-electron chi connectivity index (χ1n) is 18.5. The number of allylic oxidation sites excluding steroid dienone is 1. The summed E-state index contributed by atoms with van der Waals surface area (Å²) in [7, 11) is -2.96. The number of hydrogen-bond donors (Lipinski definition) is 0. The molecule has 1 aliphatic rings. The molecule has 0 radical (unpaired) electrons. The van der Waals surface area contributed by atoms with Crippen LogP contribution in [0, 0.1) is 0 Å². The van der Waals surface area contributed by atoms with Gasteiger partial charge in [-0.1, -0.05) is 0 Å². The first kappa shape index (κ1) is 45.6. The zero-order valence-electron chi connectivity index (χ0n) is 33.2.